The monoisotopic (exact) mass is 254 g/mol. The molecule has 4 heteroatoms. The van der Waals surface area contributed by atoms with E-state index < -0.39 is 0 Å². The van der Waals surface area contributed by atoms with Crippen LogP contribution in [0.1, 0.15) is 28.6 Å². The lowest BCUT2D eigenvalue weighted by Gasteiger charge is -2.19. The zero-order valence-corrected chi connectivity index (χ0v) is 10.7. The molecule has 1 heterocycles. The first-order valence-corrected chi connectivity index (χ1v) is 6.06. The Morgan fingerprint density at radius 2 is 2.05 bits per heavy atom. The summed E-state index contributed by atoms with van der Waals surface area (Å²) in [4.78, 5) is 14.0. The van der Waals surface area contributed by atoms with E-state index in [0.717, 1.165) is 5.76 Å². The number of furan rings is 1. The van der Waals surface area contributed by atoms with E-state index in [1.165, 1.54) is 0 Å². The highest BCUT2D eigenvalue weighted by molar-refractivity contribution is 5.94. The van der Waals surface area contributed by atoms with Crippen LogP contribution in [0.5, 0.6) is 0 Å². The van der Waals surface area contributed by atoms with Gasteiger partial charge in [0.1, 0.15) is 5.76 Å². The van der Waals surface area contributed by atoms with E-state index in [9.17, 15) is 4.79 Å². The molecule has 4 nitrogen and oxygen atoms in total. The molecular formula is C15H14N2O2. The Morgan fingerprint density at radius 1 is 1.32 bits per heavy atom. The maximum Gasteiger partial charge on any atom is 0.254 e. The minimum Gasteiger partial charge on any atom is -0.467 e. The van der Waals surface area contributed by atoms with E-state index in [4.69, 9.17) is 9.68 Å². The SMILES string of the molecule is CCN(Cc1ccco1)C(=O)c1ccc(C#N)cc1. The lowest BCUT2D eigenvalue weighted by Crippen LogP contribution is -2.30. The summed E-state index contributed by atoms with van der Waals surface area (Å²) < 4.78 is 5.25. The summed E-state index contributed by atoms with van der Waals surface area (Å²) >= 11 is 0. The number of hydrogen-bond donors (Lipinski definition) is 0. The predicted octanol–water partition coefficient (Wildman–Crippen LogP) is 2.81. The molecule has 0 saturated heterocycles. The molecule has 0 aliphatic heterocycles. The number of hydrogen-bond acceptors (Lipinski definition) is 3. The van der Waals surface area contributed by atoms with Gasteiger partial charge in [0.05, 0.1) is 24.4 Å². The van der Waals surface area contributed by atoms with Crippen molar-refractivity contribution in [1.29, 1.82) is 5.26 Å². The zero-order valence-electron chi connectivity index (χ0n) is 10.7. The molecule has 0 fully saturated rings. The molecule has 96 valence electrons. The Labute approximate surface area is 111 Å². The average Bonchev–Trinajstić information content (AvgIpc) is 2.97. The van der Waals surface area contributed by atoms with Crippen LogP contribution in [0.3, 0.4) is 0 Å². The number of amides is 1. The summed E-state index contributed by atoms with van der Waals surface area (Å²) in [6.45, 7) is 2.96. The summed E-state index contributed by atoms with van der Waals surface area (Å²) in [6, 6.07) is 12.3. The van der Waals surface area contributed by atoms with E-state index in [1.54, 1.807) is 41.5 Å². The number of carbonyl (C=O) groups is 1. The maximum atomic E-state index is 12.3. The molecule has 0 atom stereocenters. The Balaban J connectivity index is 2.13. The van der Waals surface area contributed by atoms with Crippen LogP contribution in [-0.2, 0) is 6.54 Å². The molecule has 2 aromatic rings. The number of rotatable bonds is 4. The number of nitrogens with zero attached hydrogens (tertiary/aromatic N) is 2. The van der Waals surface area contributed by atoms with Gasteiger partial charge in [0.25, 0.3) is 5.91 Å². The minimum absolute atomic E-state index is 0.0663. The van der Waals surface area contributed by atoms with Gasteiger partial charge in [-0.15, -0.1) is 0 Å². The lowest BCUT2D eigenvalue weighted by atomic mass is 10.1. The second kappa shape index (κ2) is 5.87. The van der Waals surface area contributed by atoms with Crippen molar-refractivity contribution in [2.45, 2.75) is 13.5 Å². The molecule has 0 spiro atoms. The van der Waals surface area contributed by atoms with Gasteiger partial charge in [-0.05, 0) is 43.3 Å². The van der Waals surface area contributed by atoms with Crippen molar-refractivity contribution in [3.8, 4) is 6.07 Å². The Kier molecular flexibility index (Phi) is 3.99. The van der Waals surface area contributed by atoms with Crippen LogP contribution in [-0.4, -0.2) is 17.4 Å². The molecule has 0 saturated carbocycles. The quantitative estimate of drug-likeness (QED) is 0.843. The standard InChI is InChI=1S/C15H14N2O2/c1-2-17(11-14-4-3-9-19-14)15(18)13-7-5-12(10-16)6-8-13/h3-9H,2,11H2,1H3. The number of nitriles is 1. The van der Waals surface area contributed by atoms with Crippen molar-refractivity contribution >= 4 is 5.91 Å². The van der Waals surface area contributed by atoms with Crippen LogP contribution < -0.4 is 0 Å². The van der Waals surface area contributed by atoms with E-state index in [1.807, 2.05) is 19.1 Å². The molecule has 0 bridgehead atoms. The largest absolute Gasteiger partial charge is 0.467 e. The second-order valence-electron chi connectivity index (χ2n) is 4.09. The molecule has 2 rings (SSSR count). The molecule has 1 aromatic carbocycles. The fraction of sp³-hybridized carbons (Fsp3) is 0.200. The molecule has 1 aromatic heterocycles. The highest BCUT2D eigenvalue weighted by atomic mass is 16.3. The lowest BCUT2D eigenvalue weighted by molar-refractivity contribution is 0.0741. The minimum atomic E-state index is -0.0663. The van der Waals surface area contributed by atoms with Crippen molar-refractivity contribution in [3.63, 3.8) is 0 Å². The number of carbonyl (C=O) groups excluding carboxylic acids is 1. The Hall–Kier alpha value is -2.54. The van der Waals surface area contributed by atoms with Crippen molar-refractivity contribution < 1.29 is 9.21 Å². The van der Waals surface area contributed by atoms with Crippen molar-refractivity contribution in [2.24, 2.45) is 0 Å². The van der Waals surface area contributed by atoms with Gasteiger partial charge in [0, 0.05) is 12.1 Å². The van der Waals surface area contributed by atoms with E-state index >= 15 is 0 Å². The van der Waals surface area contributed by atoms with Crippen LogP contribution in [0.15, 0.2) is 47.1 Å². The summed E-state index contributed by atoms with van der Waals surface area (Å²) in [6.07, 6.45) is 1.59. The molecule has 0 N–H and O–H groups in total. The topological polar surface area (TPSA) is 57.2 Å². The first kappa shape index (κ1) is 12.9. The van der Waals surface area contributed by atoms with E-state index in [0.29, 0.717) is 24.2 Å². The number of benzene rings is 1. The molecule has 0 aliphatic carbocycles. The van der Waals surface area contributed by atoms with Crippen molar-refractivity contribution in [1.82, 2.24) is 4.90 Å². The highest BCUT2D eigenvalue weighted by Gasteiger charge is 2.15. The third kappa shape index (κ3) is 3.02. The van der Waals surface area contributed by atoms with E-state index in [-0.39, 0.29) is 5.91 Å². The van der Waals surface area contributed by atoms with Crippen molar-refractivity contribution in [3.05, 3.63) is 59.5 Å². The van der Waals surface area contributed by atoms with Crippen LogP contribution in [0.2, 0.25) is 0 Å². The molecule has 1 amide bonds. The highest BCUT2D eigenvalue weighted by Crippen LogP contribution is 2.11. The molecule has 0 aliphatic rings. The van der Waals surface area contributed by atoms with Gasteiger partial charge < -0.3 is 9.32 Å². The van der Waals surface area contributed by atoms with Gasteiger partial charge in [-0.3, -0.25) is 4.79 Å². The van der Waals surface area contributed by atoms with Gasteiger partial charge in [-0.25, -0.2) is 0 Å². The molecule has 0 unspecified atom stereocenters. The Morgan fingerprint density at radius 3 is 2.58 bits per heavy atom. The van der Waals surface area contributed by atoms with Crippen molar-refractivity contribution in [2.75, 3.05) is 6.54 Å². The van der Waals surface area contributed by atoms with Gasteiger partial charge in [0.2, 0.25) is 0 Å². The van der Waals surface area contributed by atoms with Gasteiger partial charge >= 0.3 is 0 Å². The normalized spacial score (nSPS) is 9.89. The second-order valence-corrected chi connectivity index (χ2v) is 4.09. The maximum absolute atomic E-state index is 12.3. The van der Waals surface area contributed by atoms with Crippen LogP contribution in [0, 0.1) is 11.3 Å². The Bertz CT molecular complexity index is 580. The summed E-state index contributed by atoms with van der Waals surface area (Å²) in [7, 11) is 0. The van der Waals surface area contributed by atoms with Gasteiger partial charge in [-0.1, -0.05) is 0 Å². The smallest absolute Gasteiger partial charge is 0.254 e. The fourth-order valence-electron chi connectivity index (χ4n) is 1.79. The zero-order chi connectivity index (χ0) is 13.7. The van der Waals surface area contributed by atoms with Gasteiger partial charge in [0.15, 0.2) is 0 Å². The third-order valence-corrected chi connectivity index (χ3v) is 2.86. The molecule has 0 radical (unpaired) electrons. The van der Waals surface area contributed by atoms with Crippen LogP contribution in [0.25, 0.3) is 0 Å². The van der Waals surface area contributed by atoms with E-state index in [2.05, 4.69) is 0 Å². The first-order valence-electron chi connectivity index (χ1n) is 6.06. The molecule has 19 heavy (non-hydrogen) atoms. The van der Waals surface area contributed by atoms with Crippen LogP contribution >= 0.6 is 0 Å². The first-order chi connectivity index (χ1) is 9.24. The average molecular weight is 254 g/mol. The third-order valence-electron chi connectivity index (χ3n) is 2.86. The fourth-order valence-corrected chi connectivity index (χ4v) is 1.79. The predicted molar refractivity (Wildman–Crippen MR) is 70.3 cm³/mol. The van der Waals surface area contributed by atoms with Gasteiger partial charge in [-0.2, -0.15) is 5.26 Å². The summed E-state index contributed by atoms with van der Waals surface area (Å²) in [5.74, 6) is 0.687. The van der Waals surface area contributed by atoms with Crippen LogP contribution in [0.4, 0.5) is 0 Å². The summed E-state index contributed by atoms with van der Waals surface area (Å²) in [5, 5.41) is 8.74. The molecular weight excluding hydrogens is 240 g/mol. The summed E-state index contributed by atoms with van der Waals surface area (Å²) in [5.41, 5.74) is 1.12.